The summed E-state index contributed by atoms with van der Waals surface area (Å²) in [7, 11) is 0. The van der Waals surface area contributed by atoms with E-state index in [0.717, 1.165) is 12.8 Å². The predicted molar refractivity (Wildman–Crippen MR) is 56.9 cm³/mol. The highest BCUT2D eigenvalue weighted by atomic mass is 32.1. The fourth-order valence-electron chi connectivity index (χ4n) is 1.01. The lowest BCUT2D eigenvalue weighted by Crippen LogP contribution is -2.34. The molecular formula is C9H19NO2S. The first-order valence-electron chi connectivity index (χ1n) is 4.68. The molecule has 0 heterocycles. The van der Waals surface area contributed by atoms with Crippen molar-refractivity contribution in [2.24, 2.45) is 5.73 Å². The topological polar surface area (TPSA) is 52.3 Å². The molecule has 0 spiro atoms. The smallest absolute Gasteiger partial charge is 0.323 e. The Labute approximate surface area is 85.4 Å². The van der Waals surface area contributed by atoms with E-state index in [4.69, 9.17) is 10.5 Å². The summed E-state index contributed by atoms with van der Waals surface area (Å²) in [6.45, 7) is 3.94. The summed E-state index contributed by atoms with van der Waals surface area (Å²) in [6, 6.07) is -0.517. The lowest BCUT2D eigenvalue weighted by molar-refractivity contribution is -0.150. The summed E-state index contributed by atoms with van der Waals surface area (Å²) in [5.41, 5.74) is 5.55. The Hall–Kier alpha value is -0.220. The zero-order valence-electron chi connectivity index (χ0n) is 8.32. The second-order valence-electron chi connectivity index (χ2n) is 3.15. The fourth-order valence-corrected chi connectivity index (χ4v) is 1.29. The molecular weight excluding hydrogens is 186 g/mol. The van der Waals surface area contributed by atoms with E-state index < -0.39 is 6.04 Å². The van der Waals surface area contributed by atoms with Gasteiger partial charge in [0, 0.05) is 0 Å². The molecule has 78 valence electrons. The first-order valence-corrected chi connectivity index (χ1v) is 5.32. The molecule has 0 fully saturated rings. The number of carbonyl (C=O) groups is 1. The summed E-state index contributed by atoms with van der Waals surface area (Å²) in [4.78, 5) is 11.2. The first-order chi connectivity index (χ1) is 6.11. The zero-order valence-corrected chi connectivity index (χ0v) is 9.22. The van der Waals surface area contributed by atoms with Crippen LogP contribution in [0.3, 0.4) is 0 Å². The van der Waals surface area contributed by atoms with Gasteiger partial charge in [-0.25, -0.2) is 0 Å². The van der Waals surface area contributed by atoms with Crippen LogP contribution in [0.1, 0.15) is 33.1 Å². The minimum Gasteiger partial charge on any atom is -0.462 e. The number of esters is 1. The second kappa shape index (κ2) is 7.21. The van der Waals surface area contributed by atoms with Crippen molar-refractivity contribution < 1.29 is 9.53 Å². The van der Waals surface area contributed by atoms with Crippen LogP contribution in [0, 0.1) is 0 Å². The van der Waals surface area contributed by atoms with Gasteiger partial charge in [0.25, 0.3) is 0 Å². The number of carbonyl (C=O) groups excluding carboxylic acids is 1. The highest BCUT2D eigenvalue weighted by Crippen LogP contribution is 2.03. The molecule has 0 aliphatic heterocycles. The van der Waals surface area contributed by atoms with Crippen LogP contribution < -0.4 is 5.73 Å². The first kappa shape index (κ1) is 12.8. The lowest BCUT2D eigenvalue weighted by atomic mass is 10.2. The van der Waals surface area contributed by atoms with Gasteiger partial charge in [0.15, 0.2) is 0 Å². The summed E-state index contributed by atoms with van der Waals surface area (Å²) < 4.78 is 5.11. The third-order valence-electron chi connectivity index (χ3n) is 1.76. The van der Waals surface area contributed by atoms with Gasteiger partial charge in [-0.05, 0) is 25.5 Å². The van der Waals surface area contributed by atoms with Crippen LogP contribution in [0.15, 0.2) is 0 Å². The summed E-state index contributed by atoms with van der Waals surface area (Å²) in [5.74, 6) is 0.299. The Morgan fingerprint density at radius 1 is 1.54 bits per heavy atom. The van der Waals surface area contributed by atoms with Crippen molar-refractivity contribution in [2.45, 2.75) is 45.3 Å². The minimum atomic E-state index is -0.517. The number of hydrogen-bond acceptors (Lipinski definition) is 4. The average Bonchev–Trinajstić information content (AvgIpc) is 2.05. The van der Waals surface area contributed by atoms with E-state index in [2.05, 4.69) is 19.6 Å². The summed E-state index contributed by atoms with van der Waals surface area (Å²) >= 11 is 4.00. The number of hydrogen-bond donors (Lipinski definition) is 2. The largest absolute Gasteiger partial charge is 0.462 e. The van der Waals surface area contributed by atoms with Gasteiger partial charge in [-0.15, -0.1) is 0 Å². The highest BCUT2D eigenvalue weighted by molar-refractivity contribution is 7.80. The van der Waals surface area contributed by atoms with Crippen LogP contribution in [0.4, 0.5) is 0 Å². The molecule has 0 aliphatic carbocycles. The van der Waals surface area contributed by atoms with Gasteiger partial charge in [0.1, 0.15) is 6.04 Å². The normalized spacial score (nSPS) is 15.1. The molecule has 0 radical (unpaired) electrons. The maximum atomic E-state index is 11.2. The number of thiol groups is 1. The molecule has 0 amide bonds. The van der Waals surface area contributed by atoms with Crippen LogP contribution in [-0.4, -0.2) is 23.9 Å². The number of rotatable bonds is 6. The highest BCUT2D eigenvalue weighted by Gasteiger charge is 2.16. The molecule has 0 aromatic rings. The van der Waals surface area contributed by atoms with Crippen LogP contribution in [0.2, 0.25) is 0 Å². The van der Waals surface area contributed by atoms with Gasteiger partial charge in [0.2, 0.25) is 0 Å². The van der Waals surface area contributed by atoms with Crippen molar-refractivity contribution in [3.63, 3.8) is 0 Å². The third kappa shape index (κ3) is 5.93. The van der Waals surface area contributed by atoms with Gasteiger partial charge >= 0.3 is 5.97 Å². The molecule has 0 saturated carbocycles. The van der Waals surface area contributed by atoms with E-state index in [0.29, 0.717) is 12.2 Å². The van der Waals surface area contributed by atoms with Crippen molar-refractivity contribution in [1.29, 1.82) is 0 Å². The maximum Gasteiger partial charge on any atom is 0.323 e. The van der Waals surface area contributed by atoms with E-state index in [1.807, 2.05) is 6.92 Å². The van der Waals surface area contributed by atoms with E-state index in [1.54, 1.807) is 0 Å². The predicted octanol–water partition coefficient (Wildman–Crippen LogP) is 1.37. The standard InChI is InChI=1S/C9H19NO2S/c1-3-4-7(2)12-9(11)8(10)5-6-13/h7-8,13H,3-6,10H2,1-2H3. The second-order valence-corrected chi connectivity index (χ2v) is 3.60. The van der Waals surface area contributed by atoms with Crippen LogP contribution in [-0.2, 0) is 9.53 Å². The molecule has 0 aliphatic rings. The van der Waals surface area contributed by atoms with Crippen LogP contribution in [0.5, 0.6) is 0 Å². The fraction of sp³-hybridized carbons (Fsp3) is 0.889. The van der Waals surface area contributed by atoms with Crippen LogP contribution in [0.25, 0.3) is 0 Å². The van der Waals surface area contributed by atoms with Crippen LogP contribution >= 0.6 is 12.6 Å². The Morgan fingerprint density at radius 3 is 2.62 bits per heavy atom. The maximum absolute atomic E-state index is 11.2. The summed E-state index contributed by atoms with van der Waals surface area (Å²) in [5, 5.41) is 0. The molecule has 2 atom stereocenters. The Bertz CT molecular complexity index is 153. The monoisotopic (exact) mass is 205 g/mol. The van der Waals surface area contributed by atoms with E-state index in [1.165, 1.54) is 0 Å². The minimum absolute atomic E-state index is 0.0246. The molecule has 4 heteroatoms. The van der Waals surface area contributed by atoms with Gasteiger partial charge in [-0.1, -0.05) is 13.3 Å². The molecule has 3 nitrogen and oxygen atoms in total. The Balaban J connectivity index is 3.71. The molecule has 0 aromatic heterocycles. The molecule has 0 aromatic carbocycles. The molecule has 0 saturated heterocycles. The van der Waals surface area contributed by atoms with Crippen molar-refractivity contribution in [3.8, 4) is 0 Å². The lowest BCUT2D eigenvalue weighted by Gasteiger charge is -2.15. The molecule has 0 rings (SSSR count). The number of nitrogens with two attached hydrogens (primary N) is 1. The molecule has 2 N–H and O–H groups in total. The molecule has 0 bridgehead atoms. The number of ether oxygens (including phenoxy) is 1. The zero-order chi connectivity index (χ0) is 10.3. The van der Waals surface area contributed by atoms with Gasteiger partial charge < -0.3 is 10.5 Å². The third-order valence-corrected chi connectivity index (χ3v) is 2.01. The van der Waals surface area contributed by atoms with E-state index in [-0.39, 0.29) is 12.1 Å². The van der Waals surface area contributed by atoms with Crippen molar-refractivity contribution in [2.75, 3.05) is 5.75 Å². The Kier molecular flexibility index (Phi) is 7.09. The Morgan fingerprint density at radius 2 is 2.15 bits per heavy atom. The van der Waals surface area contributed by atoms with Crippen molar-refractivity contribution >= 4 is 18.6 Å². The van der Waals surface area contributed by atoms with E-state index in [9.17, 15) is 4.79 Å². The molecule has 2 unspecified atom stereocenters. The van der Waals surface area contributed by atoms with Gasteiger partial charge in [-0.2, -0.15) is 12.6 Å². The summed E-state index contributed by atoms with van der Waals surface area (Å²) in [6.07, 6.45) is 2.44. The van der Waals surface area contributed by atoms with Crippen molar-refractivity contribution in [1.82, 2.24) is 0 Å². The quantitative estimate of drug-likeness (QED) is 0.508. The average molecular weight is 205 g/mol. The van der Waals surface area contributed by atoms with Gasteiger partial charge in [-0.3, -0.25) is 4.79 Å². The van der Waals surface area contributed by atoms with E-state index >= 15 is 0 Å². The van der Waals surface area contributed by atoms with Crippen molar-refractivity contribution in [3.05, 3.63) is 0 Å². The molecule has 13 heavy (non-hydrogen) atoms. The SMILES string of the molecule is CCCC(C)OC(=O)C(N)CCS. The van der Waals surface area contributed by atoms with Gasteiger partial charge in [0.05, 0.1) is 6.10 Å².